The van der Waals surface area contributed by atoms with Crippen LogP contribution in [0.5, 0.6) is 0 Å². The number of nitrogens with zero attached hydrogens (tertiary/aromatic N) is 6. The number of nitrogens with one attached hydrogen (secondary N) is 1. The summed E-state index contributed by atoms with van der Waals surface area (Å²) in [4.78, 5) is 30.3. The number of anilines is 1. The van der Waals surface area contributed by atoms with Crippen LogP contribution in [0.3, 0.4) is 0 Å². The van der Waals surface area contributed by atoms with Gasteiger partial charge in [-0.05, 0) is 25.1 Å². The van der Waals surface area contributed by atoms with E-state index in [9.17, 15) is 4.79 Å². The first kappa shape index (κ1) is 20.9. The molecule has 1 atom stereocenters. The highest BCUT2D eigenvalue weighted by molar-refractivity contribution is 6.00. The molecule has 1 fully saturated rings. The Morgan fingerprint density at radius 3 is 2.66 bits per heavy atom. The zero-order valence-corrected chi connectivity index (χ0v) is 17.0. The monoisotopic (exact) mass is 413 g/mol. The van der Waals surface area contributed by atoms with Crippen molar-refractivity contribution in [2.75, 3.05) is 31.1 Å². The fraction of sp³-hybridized carbons (Fsp3) is 0.350. The predicted molar refractivity (Wildman–Crippen MR) is 113 cm³/mol. The summed E-state index contributed by atoms with van der Waals surface area (Å²) in [5, 5.41) is 6.87. The van der Waals surface area contributed by atoms with Gasteiger partial charge in [0.25, 0.3) is 0 Å². The molecule has 0 saturated carbocycles. The maximum atomic E-state index is 12.7. The van der Waals surface area contributed by atoms with E-state index in [1.54, 1.807) is 24.7 Å². The third-order valence-corrected chi connectivity index (χ3v) is 5.04. The zero-order chi connectivity index (χ0) is 19.3. The van der Waals surface area contributed by atoms with Crippen LogP contribution in [0.15, 0.2) is 49.1 Å². The number of halogens is 1. The molecule has 1 N–H and O–H groups in total. The molecule has 4 heterocycles. The number of Topliss-reactive ketones (excluding diaryl/α,β-unsaturated/α-hetero) is 1. The van der Waals surface area contributed by atoms with E-state index in [2.05, 4.69) is 41.9 Å². The lowest BCUT2D eigenvalue weighted by Gasteiger charge is -2.40. The Balaban J connectivity index is 0.00000240. The van der Waals surface area contributed by atoms with Gasteiger partial charge < -0.3 is 4.90 Å². The number of hydrogen-bond donors (Lipinski definition) is 1. The summed E-state index contributed by atoms with van der Waals surface area (Å²) >= 11 is 0. The highest BCUT2D eigenvalue weighted by Crippen LogP contribution is 2.20. The zero-order valence-electron chi connectivity index (χ0n) is 16.2. The van der Waals surface area contributed by atoms with Crippen LogP contribution in [0.2, 0.25) is 0 Å². The van der Waals surface area contributed by atoms with E-state index in [1.807, 2.05) is 24.4 Å². The number of carbonyl (C=O) groups excluding carboxylic acids is 1. The van der Waals surface area contributed by atoms with Crippen molar-refractivity contribution in [2.24, 2.45) is 0 Å². The Labute approximate surface area is 175 Å². The summed E-state index contributed by atoms with van der Waals surface area (Å²) in [6.45, 7) is 5.64. The van der Waals surface area contributed by atoms with Crippen molar-refractivity contribution in [1.29, 1.82) is 0 Å². The smallest absolute Gasteiger partial charge is 0.178 e. The third kappa shape index (κ3) is 4.78. The highest BCUT2D eigenvalue weighted by Gasteiger charge is 2.25. The second kappa shape index (κ2) is 9.58. The number of hydrogen-bond acceptors (Lipinski definition) is 7. The summed E-state index contributed by atoms with van der Waals surface area (Å²) < 4.78 is 0. The Bertz CT molecular complexity index is 919. The Morgan fingerprint density at radius 1 is 1.14 bits per heavy atom. The maximum Gasteiger partial charge on any atom is 0.178 e. The molecule has 3 aromatic rings. The topological polar surface area (TPSA) is 90.9 Å². The van der Waals surface area contributed by atoms with Crippen LogP contribution in [0.4, 0.5) is 5.82 Å². The van der Waals surface area contributed by atoms with Gasteiger partial charge in [0.2, 0.25) is 0 Å². The molecule has 152 valence electrons. The van der Waals surface area contributed by atoms with Gasteiger partial charge in [-0.25, -0.2) is 15.0 Å². The Kier molecular flexibility index (Phi) is 6.90. The van der Waals surface area contributed by atoms with Crippen LogP contribution < -0.4 is 4.90 Å². The lowest BCUT2D eigenvalue weighted by Crippen LogP contribution is -2.52. The SMILES string of the molecule is CC1CN(CCC(=O)c2cn[nH]c2-c2ncccn2)CCN1c1ccccn1.Cl. The van der Waals surface area contributed by atoms with E-state index in [-0.39, 0.29) is 18.2 Å². The van der Waals surface area contributed by atoms with E-state index in [0.29, 0.717) is 29.5 Å². The van der Waals surface area contributed by atoms with Crippen molar-refractivity contribution in [3.63, 3.8) is 0 Å². The number of carbonyl (C=O) groups is 1. The molecular formula is C20H24ClN7O. The van der Waals surface area contributed by atoms with Crippen LogP contribution in [0.1, 0.15) is 23.7 Å². The molecule has 8 nitrogen and oxygen atoms in total. The van der Waals surface area contributed by atoms with Gasteiger partial charge in [-0.3, -0.25) is 14.8 Å². The summed E-state index contributed by atoms with van der Waals surface area (Å²) in [6.07, 6.45) is 7.14. The average molecular weight is 414 g/mol. The molecule has 4 rings (SSSR count). The first-order valence-corrected chi connectivity index (χ1v) is 9.46. The molecule has 1 saturated heterocycles. The van der Waals surface area contributed by atoms with Crippen molar-refractivity contribution in [3.05, 3.63) is 54.6 Å². The van der Waals surface area contributed by atoms with Gasteiger partial charge in [0, 0.05) is 57.2 Å². The molecule has 3 aromatic heterocycles. The minimum absolute atomic E-state index is 0. The van der Waals surface area contributed by atoms with E-state index < -0.39 is 0 Å². The molecule has 0 spiro atoms. The van der Waals surface area contributed by atoms with E-state index in [4.69, 9.17) is 0 Å². The molecular weight excluding hydrogens is 390 g/mol. The molecule has 1 aliphatic rings. The van der Waals surface area contributed by atoms with Crippen LogP contribution in [0.25, 0.3) is 11.5 Å². The lowest BCUT2D eigenvalue weighted by atomic mass is 10.1. The van der Waals surface area contributed by atoms with Crippen LogP contribution in [-0.2, 0) is 0 Å². The fourth-order valence-corrected chi connectivity index (χ4v) is 3.59. The quantitative estimate of drug-likeness (QED) is 0.620. The number of rotatable bonds is 6. The minimum atomic E-state index is 0. The summed E-state index contributed by atoms with van der Waals surface area (Å²) in [5.41, 5.74) is 1.13. The van der Waals surface area contributed by atoms with Crippen molar-refractivity contribution in [1.82, 2.24) is 30.0 Å². The van der Waals surface area contributed by atoms with Crippen molar-refractivity contribution >= 4 is 24.0 Å². The summed E-state index contributed by atoms with van der Waals surface area (Å²) in [6, 6.07) is 8.08. The number of pyridine rings is 1. The third-order valence-electron chi connectivity index (χ3n) is 5.04. The van der Waals surface area contributed by atoms with Gasteiger partial charge in [-0.2, -0.15) is 5.10 Å². The number of aromatic amines is 1. The summed E-state index contributed by atoms with van der Waals surface area (Å²) in [5.74, 6) is 1.55. The van der Waals surface area contributed by atoms with Gasteiger partial charge in [-0.15, -0.1) is 12.4 Å². The molecule has 29 heavy (non-hydrogen) atoms. The highest BCUT2D eigenvalue weighted by atomic mass is 35.5. The number of ketones is 1. The maximum absolute atomic E-state index is 12.7. The van der Waals surface area contributed by atoms with Gasteiger partial charge in [0.1, 0.15) is 11.5 Å². The molecule has 9 heteroatoms. The van der Waals surface area contributed by atoms with E-state index in [0.717, 1.165) is 32.0 Å². The van der Waals surface area contributed by atoms with Crippen LogP contribution in [-0.4, -0.2) is 68.1 Å². The second-order valence-corrected chi connectivity index (χ2v) is 6.94. The van der Waals surface area contributed by atoms with Crippen molar-refractivity contribution in [2.45, 2.75) is 19.4 Å². The van der Waals surface area contributed by atoms with Crippen LogP contribution >= 0.6 is 12.4 Å². The molecule has 1 aliphatic heterocycles. The predicted octanol–water partition coefficient (Wildman–Crippen LogP) is 2.47. The average Bonchev–Trinajstić information content (AvgIpc) is 3.23. The molecule has 0 bridgehead atoms. The normalized spacial score (nSPS) is 17.0. The fourth-order valence-electron chi connectivity index (χ4n) is 3.59. The molecule has 0 amide bonds. The first-order valence-electron chi connectivity index (χ1n) is 9.46. The first-order chi connectivity index (χ1) is 13.7. The molecule has 0 aromatic carbocycles. The van der Waals surface area contributed by atoms with Gasteiger partial charge in [0.15, 0.2) is 11.6 Å². The minimum Gasteiger partial charge on any atom is -0.351 e. The molecule has 0 radical (unpaired) electrons. The van der Waals surface area contributed by atoms with Gasteiger partial charge in [0.05, 0.1) is 11.8 Å². The van der Waals surface area contributed by atoms with Gasteiger partial charge >= 0.3 is 0 Å². The Morgan fingerprint density at radius 2 is 1.93 bits per heavy atom. The largest absolute Gasteiger partial charge is 0.351 e. The number of aromatic nitrogens is 5. The molecule has 0 aliphatic carbocycles. The van der Waals surface area contributed by atoms with Gasteiger partial charge in [-0.1, -0.05) is 6.07 Å². The number of piperazine rings is 1. The van der Waals surface area contributed by atoms with Crippen LogP contribution in [0, 0.1) is 0 Å². The van der Waals surface area contributed by atoms with E-state index in [1.165, 1.54) is 0 Å². The van der Waals surface area contributed by atoms with E-state index >= 15 is 0 Å². The lowest BCUT2D eigenvalue weighted by molar-refractivity contribution is 0.0959. The standard InChI is InChI=1S/C20H23N7O.ClH/c1-15-14-26(11-12-27(15)18-5-2-3-7-21-18)10-6-17(28)16-13-24-25-19(16)20-22-8-4-9-23-20;/h2-5,7-9,13,15H,6,10-12,14H2,1H3,(H,24,25);1H. The van der Waals surface area contributed by atoms with Crippen molar-refractivity contribution in [3.8, 4) is 11.5 Å². The molecule has 1 unspecified atom stereocenters. The van der Waals surface area contributed by atoms with Crippen molar-refractivity contribution < 1.29 is 4.79 Å². The second-order valence-electron chi connectivity index (χ2n) is 6.94. The number of H-pyrrole nitrogens is 1. The summed E-state index contributed by atoms with van der Waals surface area (Å²) in [7, 11) is 0. The Hall–Kier alpha value is -2.84.